The Morgan fingerprint density at radius 2 is 2.00 bits per heavy atom. The van der Waals surface area contributed by atoms with Gasteiger partial charge in [-0.05, 0) is 24.3 Å². The molecule has 0 radical (unpaired) electrons. The van der Waals surface area contributed by atoms with E-state index in [1.807, 2.05) is 0 Å². The summed E-state index contributed by atoms with van der Waals surface area (Å²) in [6.45, 7) is 9.96. The first-order valence-electron chi connectivity index (χ1n) is 5.85. The van der Waals surface area contributed by atoms with E-state index in [1.165, 1.54) is 0 Å². The van der Waals surface area contributed by atoms with Crippen LogP contribution in [0, 0.1) is 11.3 Å². The van der Waals surface area contributed by atoms with E-state index in [1.54, 1.807) is 0 Å². The number of amides is 1. The first kappa shape index (κ1) is 14.4. The third kappa shape index (κ3) is 8.43. The highest BCUT2D eigenvalue weighted by atomic mass is 16.1. The molecule has 0 saturated carbocycles. The van der Waals surface area contributed by atoms with Crippen molar-refractivity contribution in [3.63, 3.8) is 0 Å². The highest BCUT2D eigenvalue weighted by molar-refractivity contribution is 5.76. The van der Waals surface area contributed by atoms with E-state index in [2.05, 4.69) is 33.0 Å². The zero-order valence-electron chi connectivity index (χ0n) is 10.6. The van der Waals surface area contributed by atoms with E-state index < -0.39 is 0 Å². The van der Waals surface area contributed by atoms with Gasteiger partial charge in [0.1, 0.15) is 0 Å². The SMILES string of the molecule is CCC(CN)CC(=O)NCCC(C)(C)C. The lowest BCUT2D eigenvalue weighted by Crippen LogP contribution is -2.30. The van der Waals surface area contributed by atoms with Crippen molar-refractivity contribution in [3.05, 3.63) is 0 Å². The average Bonchev–Trinajstić information content (AvgIpc) is 2.12. The Morgan fingerprint density at radius 3 is 2.40 bits per heavy atom. The predicted molar refractivity (Wildman–Crippen MR) is 64.5 cm³/mol. The molecule has 3 nitrogen and oxygen atoms in total. The number of nitrogens with one attached hydrogen (secondary N) is 1. The van der Waals surface area contributed by atoms with Crippen molar-refractivity contribution in [1.82, 2.24) is 5.32 Å². The van der Waals surface area contributed by atoms with Crippen LogP contribution in [0.3, 0.4) is 0 Å². The van der Waals surface area contributed by atoms with Crippen LogP contribution in [-0.2, 0) is 4.79 Å². The van der Waals surface area contributed by atoms with Gasteiger partial charge in [-0.15, -0.1) is 0 Å². The molecule has 0 heterocycles. The minimum absolute atomic E-state index is 0.136. The second kappa shape index (κ2) is 6.83. The standard InChI is InChI=1S/C12H26N2O/c1-5-10(9-13)8-11(15)14-7-6-12(2,3)4/h10H,5-9,13H2,1-4H3,(H,14,15). The van der Waals surface area contributed by atoms with Crippen LogP contribution in [0.1, 0.15) is 47.0 Å². The van der Waals surface area contributed by atoms with Crippen molar-refractivity contribution in [1.29, 1.82) is 0 Å². The highest BCUT2D eigenvalue weighted by Gasteiger charge is 2.12. The third-order valence-corrected chi connectivity index (χ3v) is 2.58. The van der Waals surface area contributed by atoms with Gasteiger partial charge < -0.3 is 11.1 Å². The lowest BCUT2D eigenvalue weighted by atomic mass is 9.92. The first-order chi connectivity index (χ1) is 6.89. The van der Waals surface area contributed by atoms with Gasteiger partial charge in [-0.2, -0.15) is 0 Å². The molecular weight excluding hydrogens is 188 g/mol. The van der Waals surface area contributed by atoms with Crippen LogP contribution in [0.15, 0.2) is 0 Å². The second-order valence-electron chi connectivity index (χ2n) is 5.37. The van der Waals surface area contributed by atoms with Crippen molar-refractivity contribution < 1.29 is 4.79 Å². The molecule has 0 aliphatic carbocycles. The Hall–Kier alpha value is -0.570. The van der Waals surface area contributed by atoms with Crippen LogP contribution >= 0.6 is 0 Å². The minimum Gasteiger partial charge on any atom is -0.356 e. The maximum atomic E-state index is 11.5. The molecule has 0 aliphatic heterocycles. The Bertz CT molecular complexity index is 181. The van der Waals surface area contributed by atoms with Crippen molar-refractivity contribution in [2.24, 2.45) is 17.1 Å². The van der Waals surface area contributed by atoms with Gasteiger partial charge in [0.05, 0.1) is 0 Å². The Labute approximate surface area is 93.8 Å². The molecule has 0 aliphatic rings. The smallest absolute Gasteiger partial charge is 0.220 e. The zero-order valence-corrected chi connectivity index (χ0v) is 10.6. The molecular formula is C12H26N2O. The maximum absolute atomic E-state index is 11.5. The second-order valence-corrected chi connectivity index (χ2v) is 5.37. The van der Waals surface area contributed by atoms with Crippen molar-refractivity contribution >= 4 is 5.91 Å². The summed E-state index contributed by atoms with van der Waals surface area (Å²) in [6, 6.07) is 0. The molecule has 0 aromatic rings. The summed E-state index contributed by atoms with van der Waals surface area (Å²) in [5.41, 5.74) is 5.83. The van der Waals surface area contributed by atoms with Crippen LogP contribution in [0.25, 0.3) is 0 Å². The zero-order chi connectivity index (χ0) is 11.9. The van der Waals surface area contributed by atoms with E-state index in [0.717, 1.165) is 19.4 Å². The van der Waals surface area contributed by atoms with Crippen molar-refractivity contribution in [2.45, 2.75) is 47.0 Å². The van der Waals surface area contributed by atoms with Gasteiger partial charge in [0.25, 0.3) is 0 Å². The number of carbonyl (C=O) groups is 1. The minimum atomic E-state index is 0.136. The lowest BCUT2D eigenvalue weighted by molar-refractivity contribution is -0.122. The topological polar surface area (TPSA) is 55.1 Å². The predicted octanol–water partition coefficient (Wildman–Crippen LogP) is 1.91. The van der Waals surface area contributed by atoms with E-state index in [0.29, 0.717) is 18.9 Å². The molecule has 1 unspecified atom stereocenters. The quantitative estimate of drug-likeness (QED) is 0.709. The fourth-order valence-corrected chi connectivity index (χ4v) is 1.31. The molecule has 0 spiro atoms. The molecule has 0 saturated heterocycles. The summed E-state index contributed by atoms with van der Waals surface area (Å²) >= 11 is 0. The molecule has 3 heteroatoms. The van der Waals surface area contributed by atoms with Crippen molar-refractivity contribution in [2.75, 3.05) is 13.1 Å². The van der Waals surface area contributed by atoms with Gasteiger partial charge in [0.2, 0.25) is 5.91 Å². The number of carbonyl (C=O) groups excluding carboxylic acids is 1. The molecule has 3 N–H and O–H groups in total. The number of nitrogens with two attached hydrogens (primary N) is 1. The summed E-state index contributed by atoms with van der Waals surface area (Å²) < 4.78 is 0. The summed E-state index contributed by atoms with van der Waals surface area (Å²) in [7, 11) is 0. The third-order valence-electron chi connectivity index (χ3n) is 2.58. The number of hydrogen-bond donors (Lipinski definition) is 2. The molecule has 0 aromatic heterocycles. The summed E-state index contributed by atoms with van der Waals surface area (Å²) in [6.07, 6.45) is 2.55. The monoisotopic (exact) mass is 214 g/mol. The lowest BCUT2D eigenvalue weighted by Gasteiger charge is -2.18. The number of rotatable bonds is 6. The van der Waals surface area contributed by atoms with E-state index >= 15 is 0 Å². The van der Waals surface area contributed by atoms with Crippen molar-refractivity contribution in [3.8, 4) is 0 Å². The van der Waals surface area contributed by atoms with Crippen LogP contribution in [0.4, 0.5) is 0 Å². The van der Waals surface area contributed by atoms with Gasteiger partial charge in [-0.25, -0.2) is 0 Å². The molecule has 0 fully saturated rings. The fraction of sp³-hybridized carbons (Fsp3) is 0.917. The molecule has 15 heavy (non-hydrogen) atoms. The highest BCUT2D eigenvalue weighted by Crippen LogP contribution is 2.17. The first-order valence-corrected chi connectivity index (χ1v) is 5.85. The maximum Gasteiger partial charge on any atom is 0.220 e. The van der Waals surface area contributed by atoms with E-state index in [9.17, 15) is 4.79 Å². The molecule has 1 amide bonds. The summed E-state index contributed by atoms with van der Waals surface area (Å²) in [5, 5.41) is 2.94. The average molecular weight is 214 g/mol. The molecule has 0 rings (SSSR count). The van der Waals surface area contributed by atoms with Gasteiger partial charge >= 0.3 is 0 Å². The van der Waals surface area contributed by atoms with Crippen LogP contribution in [0.2, 0.25) is 0 Å². The van der Waals surface area contributed by atoms with Crippen LogP contribution < -0.4 is 11.1 Å². The van der Waals surface area contributed by atoms with Gasteiger partial charge in [-0.3, -0.25) is 4.79 Å². The molecule has 0 bridgehead atoms. The van der Waals surface area contributed by atoms with Crippen LogP contribution in [0.5, 0.6) is 0 Å². The van der Waals surface area contributed by atoms with E-state index in [-0.39, 0.29) is 11.3 Å². The normalized spacial score (nSPS) is 13.7. The Balaban J connectivity index is 3.66. The van der Waals surface area contributed by atoms with E-state index in [4.69, 9.17) is 5.73 Å². The molecule has 0 aromatic carbocycles. The Kier molecular flexibility index (Phi) is 6.57. The number of hydrogen-bond acceptors (Lipinski definition) is 2. The van der Waals surface area contributed by atoms with Gasteiger partial charge in [0.15, 0.2) is 0 Å². The fourth-order valence-electron chi connectivity index (χ4n) is 1.31. The van der Waals surface area contributed by atoms with Gasteiger partial charge in [-0.1, -0.05) is 34.1 Å². The van der Waals surface area contributed by atoms with Gasteiger partial charge in [0, 0.05) is 13.0 Å². The molecule has 90 valence electrons. The van der Waals surface area contributed by atoms with Crippen LogP contribution in [-0.4, -0.2) is 19.0 Å². The summed E-state index contributed by atoms with van der Waals surface area (Å²) in [5.74, 6) is 0.469. The molecule has 1 atom stereocenters. The largest absolute Gasteiger partial charge is 0.356 e. The summed E-state index contributed by atoms with van der Waals surface area (Å²) in [4.78, 5) is 11.5. The Morgan fingerprint density at radius 1 is 1.40 bits per heavy atom.